The van der Waals surface area contributed by atoms with Crippen LogP contribution < -0.4 is 4.74 Å². The van der Waals surface area contributed by atoms with Crippen LogP contribution in [0.2, 0.25) is 0 Å². The van der Waals surface area contributed by atoms with E-state index >= 15 is 0 Å². The maximum Gasteiger partial charge on any atom is 0.324 e. The van der Waals surface area contributed by atoms with Crippen LogP contribution in [0.3, 0.4) is 0 Å². The number of rotatable bonds is 4. The van der Waals surface area contributed by atoms with Crippen molar-refractivity contribution in [3.05, 3.63) is 46.0 Å². The van der Waals surface area contributed by atoms with Crippen LogP contribution in [0.1, 0.15) is 5.56 Å². The predicted octanol–water partition coefficient (Wildman–Crippen LogP) is 2.72. The summed E-state index contributed by atoms with van der Waals surface area (Å²) in [6, 6.07) is 8.84. The first kappa shape index (κ1) is 15.0. The highest BCUT2D eigenvalue weighted by atomic mass is 32.2. The van der Waals surface area contributed by atoms with Crippen LogP contribution in [-0.4, -0.2) is 19.6 Å². The molecule has 0 aliphatic rings. The van der Waals surface area contributed by atoms with Crippen molar-refractivity contribution in [3.63, 3.8) is 0 Å². The fourth-order valence-corrected chi connectivity index (χ4v) is 3.32. The number of nitrogens with zero attached hydrogens (tertiary/aromatic N) is 2. The third kappa shape index (κ3) is 3.36. The van der Waals surface area contributed by atoms with E-state index in [0.29, 0.717) is 16.9 Å². The van der Waals surface area contributed by atoms with Crippen LogP contribution in [0, 0.1) is 21.4 Å². The van der Waals surface area contributed by atoms with Crippen molar-refractivity contribution in [2.24, 2.45) is 0 Å². The first-order valence-electron chi connectivity index (χ1n) is 5.47. The van der Waals surface area contributed by atoms with Gasteiger partial charge in [0, 0.05) is 12.3 Å². The lowest BCUT2D eigenvalue weighted by Gasteiger charge is -2.02. The van der Waals surface area contributed by atoms with E-state index in [1.807, 2.05) is 6.07 Å². The van der Waals surface area contributed by atoms with Gasteiger partial charge in [-0.3, -0.25) is 10.1 Å². The van der Waals surface area contributed by atoms with Gasteiger partial charge in [-0.1, -0.05) is 11.3 Å². The molecule has 1 heterocycles. The van der Waals surface area contributed by atoms with Crippen LogP contribution >= 0.6 is 11.3 Å². The summed E-state index contributed by atoms with van der Waals surface area (Å²) in [7, 11) is -3.55. The second-order valence-corrected chi connectivity index (χ2v) is 7.26. The first-order chi connectivity index (χ1) is 9.81. The van der Waals surface area contributed by atoms with Crippen LogP contribution in [0.25, 0.3) is 0 Å². The van der Waals surface area contributed by atoms with Gasteiger partial charge in [-0.25, -0.2) is 8.42 Å². The summed E-state index contributed by atoms with van der Waals surface area (Å²) in [6.45, 7) is 0. The zero-order valence-corrected chi connectivity index (χ0v) is 12.3. The lowest BCUT2D eigenvalue weighted by molar-refractivity contribution is -0.385. The van der Waals surface area contributed by atoms with Gasteiger partial charge in [-0.2, -0.15) is 5.26 Å². The topological polar surface area (TPSA) is 110 Å². The Kier molecular flexibility index (Phi) is 3.93. The minimum Gasteiger partial charge on any atom is -0.440 e. The molecule has 0 unspecified atom stereocenters. The fraction of sp³-hybridized carbons (Fsp3) is 0.0833. The van der Waals surface area contributed by atoms with E-state index in [1.54, 1.807) is 0 Å². The number of thiophene rings is 1. The summed E-state index contributed by atoms with van der Waals surface area (Å²) in [5, 5.41) is 19.5. The number of nitro groups is 1. The fourth-order valence-electron chi connectivity index (χ4n) is 1.43. The van der Waals surface area contributed by atoms with E-state index in [-0.39, 0.29) is 15.0 Å². The molecule has 2 aromatic rings. The molecule has 1 aromatic heterocycles. The highest BCUT2D eigenvalue weighted by molar-refractivity contribution is 7.92. The summed E-state index contributed by atoms with van der Waals surface area (Å²) in [4.78, 5) is 10.2. The lowest BCUT2D eigenvalue weighted by Crippen LogP contribution is -1.92. The predicted molar refractivity (Wildman–Crippen MR) is 75.3 cm³/mol. The Morgan fingerprint density at radius 2 is 1.95 bits per heavy atom. The third-order valence-corrected chi connectivity index (χ3v) is 5.22. The van der Waals surface area contributed by atoms with Crippen molar-refractivity contribution in [3.8, 4) is 16.9 Å². The number of sulfone groups is 1. The van der Waals surface area contributed by atoms with E-state index in [2.05, 4.69) is 0 Å². The van der Waals surface area contributed by atoms with Crippen LogP contribution in [0.5, 0.6) is 10.8 Å². The van der Waals surface area contributed by atoms with E-state index in [0.717, 1.165) is 12.3 Å². The zero-order chi connectivity index (χ0) is 15.6. The van der Waals surface area contributed by atoms with Crippen LogP contribution in [-0.2, 0) is 9.84 Å². The summed E-state index contributed by atoms with van der Waals surface area (Å²) >= 11 is 0.683. The average Bonchev–Trinajstić information content (AvgIpc) is 2.84. The van der Waals surface area contributed by atoms with Crippen LogP contribution in [0.15, 0.2) is 34.5 Å². The average molecular weight is 324 g/mol. The number of hydrogen-bond acceptors (Lipinski definition) is 7. The quantitative estimate of drug-likeness (QED) is 0.631. The molecule has 0 N–H and O–H groups in total. The minimum absolute atomic E-state index is 0.120. The molecular weight excluding hydrogens is 316 g/mol. The van der Waals surface area contributed by atoms with Gasteiger partial charge in [0.15, 0.2) is 9.84 Å². The first-order valence-corrected chi connectivity index (χ1v) is 8.18. The van der Waals surface area contributed by atoms with E-state index < -0.39 is 20.4 Å². The Labute approximate surface area is 124 Å². The van der Waals surface area contributed by atoms with Crippen molar-refractivity contribution in [2.75, 3.05) is 6.26 Å². The molecule has 21 heavy (non-hydrogen) atoms. The molecular formula is C12H8N2O5S2. The smallest absolute Gasteiger partial charge is 0.324 e. The normalized spacial score (nSPS) is 10.9. The van der Waals surface area contributed by atoms with Gasteiger partial charge in [-0.05, 0) is 24.3 Å². The molecule has 0 saturated heterocycles. The highest BCUT2D eigenvalue weighted by Gasteiger charge is 2.25. The van der Waals surface area contributed by atoms with Gasteiger partial charge in [0.1, 0.15) is 9.96 Å². The molecule has 0 fully saturated rings. The van der Waals surface area contributed by atoms with E-state index in [9.17, 15) is 18.5 Å². The monoisotopic (exact) mass is 324 g/mol. The number of ether oxygens (including phenoxy) is 1. The molecule has 0 spiro atoms. The van der Waals surface area contributed by atoms with Crippen molar-refractivity contribution in [1.29, 1.82) is 5.26 Å². The minimum atomic E-state index is -3.55. The molecule has 0 saturated carbocycles. The highest BCUT2D eigenvalue weighted by Crippen LogP contribution is 2.41. The lowest BCUT2D eigenvalue weighted by atomic mass is 10.2. The van der Waals surface area contributed by atoms with Crippen molar-refractivity contribution in [2.45, 2.75) is 4.21 Å². The van der Waals surface area contributed by atoms with Gasteiger partial charge >= 0.3 is 5.69 Å². The molecule has 9 heteroatoms. The molecule has 1 aromatic carbocycles. The Balaban J connectivity index is 2.40. The number of hydrogen-bond donors (Lipinski definition) is 0. The number of nitriles is 1. The molecule has 0 aliphatic carbocycles. The largest absolute Gasteiger partial charge is 0.440 e. The zero-order valence-electron chi connectivity index (χ0n) is 10.6. The number of benzene rings is 1. The molecule has 108 valence electrons. The van der Waals surface area contributed by atoms with E-state index in [4.69, 9.17) is 10.00 Å². The van der Waals surface area contributed by atoms with Gasteiger partial charge in [-0.15, -0.1) is 0 Å². The molecule has 7 nitrogen and oxygen atoms in total. The van der Waals surface area contributed by atoms with E-state index in [1.165, 1.54) is 24.3 Å². The summed E-state index contributed by atoms with van der Waals surface area (Å²) in [5.41, 5.74) is 0.00430. The Bertz CT molecular complexity index is 832. The van der Waals surface area contributed by atoms with Gasteiger partial charge < -0.3 is 4.74 Å². The summed E-state index contributed by atoms with van der Waals surface area (Å²) < 4.78 is 28.1. The molecule has 0 aliphatic heterocycles. The standard InChI is InChI=1S/C12H8N2O5S2/c1-21(17,18)11-6-10(14(15)16)12(20-11)19-9-4-2-8(7-13)3-5-9/h2-6H,1H3. The van der Waals surface area contributed by atoms with Gasteiger partial charge in [0.2, 0.25) is 0 Å². The molecule has 0 radical (unpaired) electrons. The second kappa shape index (κ2) is 5.51. The third-order valence-electron chi connectivity index (χ3n) is 2.41. The van der Waals surface area contributed by atoms with Crippen LogP contribution in [0.4, 0.5) is 5.69 Å². The Morgan fingerprint density at radius 3 is 2.43 bits per heavy atom. The maximum atomic E-state index is 11.5. The summed E-state index contributed by atoms with van der Waals surface area (Å²) in [5.74, 6) is 0.277. The SMILES string of the molecule is CS(=O)(=O)c1cc([N+](=O)[O-])c(Oc2ccc(C#N)cc2)s1. The van der Waals surface area contributed by atoms with Crippen molar-refractivity contribution >= 4 is 26.9 Å². The molecule has 2 rings (SSSR count). The summed E-state index contributed by atoms with van der Waals surface area (Å²) in [6.07, 6.45) is 0.966. The van der Waals surface area contributed by atoms with Crippen molar-refractivity contribution in [1.82, 2.24) is 0 Å². The molecule has 0 amide bonds. The second-order valence-electron chi connectivity index (χ2n) is 4.01. The Hall–Kier alpha value is -2.44. The van der Waals surface area contributed by atoms with Crippen molar-refractivity contribution < 1.29 is 18.1 Å². The van der Waals surface area contributed by atoms with Gasteiger partial charge in [0.25, 0.3) is 5.06 Å². The van der Waals surface area contributed by atoms with Gasteiger partial charge in [0.05, 0.1) is 16.6 Å². The molecule has 0 bridgehead atoms. The maximum absolute atomic E-state index is 11.5. The Morgan fingerprint density at radius 1 is 1.33 bits per heavy atom. The molecule has 0 atom stereocenters.